The first kappa shape index (κ1) is 22.1. The fourth-order valence-electron chi connectivity index (χ4n) is 3.29. The Kier molecular flexibility index (Phi) is 8.38. The molecule has 26 heavy (non-hydrogen) atoms. The molecular weight excluding hydrogens is 400 g/mol. The van der Waals surface area contributed by atoms with E-state index >= 15 is 0 Å². The lowest BCUT2D eigenvalue weighted by Crippen LogP contribution is -2.35. The third-order valence-electron chi connectivity index (χ3n) is 4.62. The second kappa shape index (κ2) is 9.85. The molecule has 0 saturated heterocycles. The zero-order valence-corrected chi connectivity index (χ0v) is 16.8. The van der Waals surface area contributed by atoms with Crippen molar-refractivity contribution in [3.63, 3.8) is 0 Å². The van der Waals surface area contributed by atoms with Crippen molar-refractivity contribution >= 4 is 30.6 Å². The highest BCUT2D eigenvalue weighted by atomic mass is 35.5. The molecule has 1 aromatic rings. The number of halogens is 2. The number of hydrogen-bond acceptors (Lipinski definition) is 5. The summed E-state index contributed by atoms with van der Waals surface area (Å²) in [5, 5.41) is 33.2. The Bertz CT molecular complexity index is 648. The lowest BCUT2D eigenvalue weighted by Gasteiger charge is -2.31. The monoisotopic (exact) mass is 425 g/mol. The molecule has 9 heteroatoms. The molecule has 0 aromatic heterocycles. The smallest absolute Gasteiger partial charge is 0.203 e. The van der Waals surface area contributed by atoms with Gasteiger partial charge in [0.2, 0.25) is 7.37 Å². The van der Waals surface area contributed by atoms with Gasteiger partial charge in [0.25, 0.3) is 0 Å². The van der Waals surface area contributed by atoms with Crippen molar-refractivity contribution in [1.82, 2.24) is 5.32 Å². The fraction of sp³-hybridized carbons (Fsp3) is 0.647. The Balaban J connectivity index is 1.74. The predicted octanol–water partition coefficient (Wildman–Crippen LogP) is 2.24. The number of benzene rings is 1. The standard InChI is InChI=1S/C17H26Cl2NO5P/c18-14-3-1-11(5-15(14)19)7-20-8-13(21)10-26(24,25)9-12-2-4-16(22)17(23)6-12/h1,3,5,12-13,16-17,20-23H,2,4,6-10H2,(H,24,25). The molecule has 0 bridgehead atoms. The van der Waals surface area contributed by atoms with Crippen molar-refractivity contribution in [3.8, 4) is 0 Å². The summed E-state index contributed by atoms with van der Waals surface area (Å²) >= 11 is 11.8. The third kappa shape index (κ3) is 7.10. The highest BCUT2D eigenvalue weighted by Crippen LogP contribution is 2.46. The van der Waals surface area contributed by atoms with Gasteiger partial charge in [-0.15, -0.1) is 0 Å². The number of nitrogens with one attached hydrogen (secondary N) is 1. The van der Waals surface area contributed by atoms with E-state index in [2.05, 4.69) is 5.32 Å². The molecule has 0 spiro atoms. The molecule has 2 rings (SSSR count). The van der Waals surface area contributed by atoms with Gasteiger partial charge in [-0.2, -0.15) is 0 Å². The summed E-state index contributed by atoms with van der Waals surface area (Å²) in [7, 11) is -3.51. The van der Waals surface area contributed by atoms with E-state index in [-0.39, 0.29) is 24.8 Å². The van der Waals surface area contributed by atoms with Crippen LogP contribution in [0.3, 0.4) is 0 Å². The molecule has 1 fully saturated rings. The number of aliphatic hydroxyl groups excluding tert-OH is 3. The maximum Gasteiger partial charge on any atom is 0.203 e. The Labute approximate surface area is 163 Å². The van der Waals surface area contributed by atoms with Gasteiger partial charge in [0.1, 0.15) is 0 Å². The van der Waals surface area contributed by atoms with Crippen molar-refractivity contribution in [2.75, 3.05) is 18.9 Å². The summed E-state index contributed by atoms with van der Waals surface area (Å²) in [6.07, 6.45) is -1.33. The van der Waals surface area contributed by atoms with Crippen LogP contribution in [-0.2, 0) is 11.1 Å². The van der Waals surface area contributed by atoms with Gasteiger partial charge >= 0.3 is 0 Å². The largest absolute Gasteiger partial charge is 0.391 e. The molecule has 5 unspecified atom stereocenters. The van der Waals surface area contributed by atoms with E-state index in [1.54, 1.807) is 12.1 Å². The Morgan fingerprint density at radius 1 is 1.19 bits per heavy atom. The summed E-state index contributed by atoms with van der Waals surface area (Å²) < 4.78 is 12.4. The molecular formula is C17H26Cl2NO5P. The quantitative estimate of drug-likeness (QED) is 0.408. The highest BCUT2D eigenvalue weighted by molar-refractivity contribution is 7.58. The van der Waals surface area contributed by atoms with Gasteiger partial charge in [-0.05, 0) is 42.9 Å². The van der Waals surface area contributed by atoms with E-state index in [1.807, 2.05) is 6.07 Å². The van der Waals surface area contributed by atoms with Crippen LogP contribution in [0.1, 0.15) is 24.8 Å². The molecule has 1 aliphatic rings. The predicted molar refractivity (Wildman–Crippen MR) is 103 cm³/mol. The van der Waals surface area contributed by atoms with E-state index < -0.39 is 25.7 Å². The summed E-state index contributed by atoms with van der Waals surface area (Å²) in [5.41, 5.74) is 0.897. The fourth-order valence-corrected chi connectivity index (χ4v) is 5.68. The van der Waals surface area contributed by atoms with Gasteiger partial charge in [-0.1, -0.05) is 29.3 Å². The summed E-state index contributed by atoms with van der Waals surface area (Å²) in [5.74, 6) is -0.111. The summed E-state index contributed by atoms with van der Waals surface area (Å²) in [4.78, 5) is 10.2. The van der Waals surface area contributed by atoms with E-state index in [0.717, 1.165) is 5.56 Å². The van der Waals surface area contributed by atoms with Crippen LogP contribution in [0.2, 0.25) is 10.0 Å². The first-order chi connectivity index (χ1) is 12.2. The molecule has 148 valence electrons. The SMILES string of the molecule is O=P(O)(CC(O)CNCc1ccc(Cl)c(Cl)c1)CC1CCC(O)C(O)C1. The molecule has 5 atom stereocenters. The van der Waals surface area contributed by atoms with Gasteiger partial charge < -0.3 is 25.5 Å². The molecule has 1 saturated carbocycles. The van der Waals surface area contributed by atoms with Crippen LogP contribution >= 0.6 is 30.6 Å². The van der Waals surface area contributed by atoms with Crippen LogP contribution < -0.4 is 5.32 Å². The van der Waals surface area contributed by atoms with E-state index in [9.17, 15) is 24.8 Å². The first-order valence-electron chi connectivity index (χ1n) is 8.66. The average molecular weight is 426 g/mol. The zero-order valence-electron chi connectivity index (χ0n) is 14.4. The normalized spacial score (nSPS) is 27.1. The average Bonchev–Trinajstić information content (AvgIpc) is 2.53. The van der Waals surface area contributed by atoms with E-state index in [1.165, 1.54) is 0 Å². The van der Waals surface area contributed by atoms with Crippen LogP contribution in [0.5, 0.6) is 0 Å². The third-order valence-corrected chi connectivity index (χ3v) is 7.44. The summed E-state index contributed by atoms with van der Waals surface area (Å²) in [6.45, 7) is 0.632. The van der Waals surface area contributed by atoms with Crippen LogP contribution in [0, 0.1) is 5.92 Å². The minimum atomic E-state index is -3.51. The number of rotatable bonds is 8. The van der Waals surface area contributed by atoms with Crippen LogP contribution in [-0.4, -0.2) is 57.4 Å². The maximum absolute atomic E-state index is 12.4. The minimum Gasteiger partial charge on any atom is -0.391 e. The molecule has 6 nitrogen and oxygen atoms in total. The first-order valence-corrected chi connectivity index (χ1v) is 11.4. The second-order valence-electron chi connectivity index (χ2n) is 7.06. The zero-order chi connectivity index (χ0) is 19.3. The Hall–Kier alpha value is -0.170. The van der Waals surface area contributed by atoms with Crippen LogP contribution in [0.4, 0.5) is 0 Å². The molecule has 0 heterocycles. The van der Waals surface area contributed by atoms with Crippen molar-refractivity contribution in [3.05, 3.63) is 33.8 Å². The lowest BCUT2D eigenvalue weighted by molar-refractivity contribution is -0.0224. The minimum absolute atomic E-state index is 0.0562. The number of hydrogen-bond donors (Lipinski definition) is 5. The van der Waals surface area contributed by atoms with E-state index in [4.69, 9.17) is 23.2 Å². The molecule has 0 amide bonds. The topological polar surface area (TPSA) is 110 Å². The summed E-state index contributed by atoms with van der Waals surface area (Å²) in [6, 6.07) is 5.23. The molecule has 1 aromatic carbocycles. The van der Waals surface area contributed by atoms with Gasteiger partial charge in [-0.25, -0.2) is 0 Å². The lowest BCUT2D eigenvalue weighted by atomic mass is 9.87. The Morgan fingerprint density at radius 3 is 2.58 bits per heavy atom. The van der Waals surface area contributed by atoms with Crippen LogP contribution in [0.25, 0.3) is 0 Å². The second-order valence-corrected chi connectivity index (χ2v) is 10.3. The van der Waals surface area contributed by atoms with Crippen molar-refractivity contribution in [1.29, 1.82) is 0 Å². The van der Waals surface area contributed by atoms with Gasteiger partial charge in [0.05, 0.1) is 34.5 Å². The molecule has 1 aliphatic carbocycles. The molecule has 0 aliphatic heterocycles. The van der Waals surface area contributed by atoms with Gasteiger partial charge in [-0.3, -0.25) is 4.57 Å². The van der Waals surface area contributed by atoms with Crippen molar-refractivity contribution < 1.29 is 24.8 Å². The molecule has 5 N–H and O–H groups in total. The number of aliphatic hydroxyl groups is 3. The van der Waals surface area contributed by atoms with E-state index in [0.29, 0.717) is 35.9 Å². The Morgan fingerprint density at radius 2 is 1.92 bits per heavy atom. The highest BCUT2D eigenvalue weighted by Gasteiger charge is 2.33. The van der Waals surface area contributed by atoms with Gasteiger partial charge in [0.15, 0.2) is 0 Å². The maximum atomic E-state index is 12.4. The van der Waals surface area contributed by atoms with Crippen LogP contribution in [0.15, 0.2) is 18.2 Å². The van der Waals surface area contributed by atoms with Crippen molar-refractivity contribution in [2.45, 2.75) is 44.1 Å². The van der Waals surface area contributed by atoms with Crippen molar-refractivity contribution in [2.24, 2.45) is 5.92 Å². The van der Waals surface area contributed by atoms with Gasteiger partial charge in [0, 0.05) is 19.3 Å². The molecule has 0 radical (unpaired) electrons.